The summed E-state index contributed by atoms with van der Waals surface area (Å²) < 4.78 is 0. The van der Waals surface area contributed by atoms with E-state index in [1.165, 1.54) is 9.79 Å². The van der Waals surface area contributed by atoms with Gasteiger partial charge in [0.15, 0.2) is 0 Å². The summed E-state index contributed by atoms with van der Waals surface area (Å²) >= 11 is 3.29. The Morgan fingerprint density at radius 3 is 1.64 bits per heavy atom. The molecule has 0 fully saturated rings. The van der Waals surface area contributed by atoms with E-state index in [0.29, 0.717) is 0 Å². The molecule has 0 aliphatic heterocycles. The van der Waals surface area contributed by atoms with Crippen LogP contribution < -0.4 is 0 Å². The molecule has 0 bridgehead atoms. The third-order valence-electron chi connectivity index (χ3n) is 1.55. The Morgan fingerprint density at radius 1 is 0.857 bits per heavy atom. The van der Waals surface area contributed by atoms with Crippen LogP contribution in [0.3, 0.4) is 0 Å². The van der Waals surface area contributed by atoms with E-state index in [0.717, 1.165) is 11.5 Å². The van der Waals surface area contributed by atoms with Crippen molar-refractivity contribution in [3.05, 3.63) is 24.3 Å². The minimum atomic E-state index is 0.198. The fraction of sp³-hybridized carbons (Fsp3) is 0.400. The van der Waals surface area contributed by atoms with E-state index in [1.807, 2.05) is 24.3 Å². The van der Waals surface area contributed by atoms with E-state index in [-0.39, 0.29) is 13.2 Å². The predicted molar refractivity (Wildman–Crippen MR) is 62.1 cm³/mol. The van der Waals surface area contributed by atoms with Crippen molar-refractivity contribution >= 4 is 23.5 Å². The molecule has 4 heteroatoms. The first-order valence-corrected chi connectivity index (χ1v) is 6.42. The van der Waals surface area contributed by atoms with Gasteiger partial charge >= 0.3 is 0 Å². The van der Waals surface area contributed by atoms with Gasteiger partial charge in [0.25, 0.3) is 0 Å². The molecule has 0 atom stereocenters. The first-order valence-electron chi connectivity index (χ1n) is 4.45. The molecule has 0 spiro atoms. The second-order valence-corrected chi connectivity index (χ2v) is 4.86. The van der Waals surface area contributed by atoms with Gasteiger partial charge in [-0.15, -0.1) is 23.5 Å². The minimum Gasteiger partial charge on any atom is -0.396 e. The van der Waals surface area contributed by atoms with E-state index in [2.05, 4.69) is 0 Å². The van der Waals surface area contributed by atoms with Gasteiger partial charge in [0, 0.05) is 21.3 Å². The van der Waals surface area contributed by atoms with Crippen molar-refractivity contribution in [2.75, 3.05) is 24.7 Å². The Morgan fingerprint density at radius 2 is 1.29 bits per heavy atom. The third-order valence-corrected chi connectivity index (χ3v) is 3.78. The molecule has 0 aromatic heterocycles. The molecule has 1 rings (SSSR count). The van der Waals surface area contributed by atoms with Crippen LogP contribution in [0.5, 0.6) is 0 Å². The zero-order valence-corrected chi connectivity index (χ0v) is 9.48. The summed E-state index contributed by atoms with van der Waals surface area (Å²) in [5.74, 6) is 1.44. The van der Waals surface area contributed by atoms with Crippen LogP contribution in [0.15, 0.2) is 34.1 Å². The van der Waals surface area contributed by atoms with E-state index in [9.17, 15) is 0 Å². The Labute approximate surface area is 92.7 Å². The zero-order valence-electron chi connectivity index (χ0n) is 7.85. The van der Waals surface area contributed by atoms with Crippen LogP contribution in [-0.4, -0.2) is 34.9 Å². The molecular formula is C10H14O2S2. The fourth-order valence-electron chi connectivity index (χ4n) is 1.000. The van der Waals surface area contributed by atoms with Crippen molar-refractivity contribution in [2.45, 2.75) is 9.79 Å². The van der Waals surface area contributed by atoms with Gasteiger partial charge in [0.2, 0.25) is 0 Å². The molecule has 2 nitrogen and oxygen atoms in total. The number of aliphatic hydroxyl groups excluding tert-OH is 2. The number of hydrogen-bond donors (Lipinski definition) is 2. The normalized spacial score (nSPS) is 10.4. The summed E-state index contributed by atoms with van der Waals surface area (Å²) in [6.45, 7) is 0.396. The number of rotatable bonds is 6. The van der Waals surface area contributed by atoms with Gasteiger partial charge in [0.1, 0.15) is 0 Å². The highest BCUT2D eigenvalue weighted by atomic mass is 32.2. The lowest BCUT2D eigenvalue weighted by molar-refractivity contribution is 0.322. The number of aliphatic hydroxyl groups is 2. The molecule has 0 aliphatic carbocycles. The van der Waals surface area contributed by atoms with Gasteiger partial charge in [-0.1, -0.05) is 12.1 Å². The average molecular weight is 230 g/mol. The van der Waals surface area contributed by atoms with Crippen molar-refractivity contribution in [3.8, 4) is 0 Å². The summed E-state index contributed by atoms with van der Waals surface area (Å²) in [7, 11) is 0. The minimum absolute atomic E-state index is 0.198. The quantitative estimate of drug-likeness (QED) is 0.732. The second kappa shape index (κ2) is 7.17. The summed E-state index contributed by atoms with van der Waals surface area (Å²) in [6, 6.07) is 8.06. The highest BCUT2D eigenvalue weighted by molar-refractivity contribution is 8.02. The zero-order chi connectivity index (χ0) is 10.2. The van der Waals surface area contributed by atoms with Crippen molar-refractivity contribution in [3.63, 3.8) is 0 Å². The number of thioether (sulfide) groups is 2. The van der Waals surface area contributed by atoms with Crippen molar-refractivity contribution in [1.29, 1.82) is 0 Å². The number of hydrogen-bond acceptors (Lipinski definition) is 4. The lowest BCUT2D eigenvalue weighted by atomic mass is 10.4. The Balaban J connectivity index is 2.60. The molecule has 2 N–H and O–H groups in total. The molecule has 0 radical (unpaired) electrons. The predicted octanol–water partition coefficient (Wildman–Crippen LogP) is 1.86. The summed E-state index contributed by atoms with van der Waals surface area (Å²) in [5.41, 5.74) is 0. The molecule has 14 heavy (non-hydrogen) atoms. The molecule has 0 aliphatic rings. The molecule has 1 aromatic rings. The first kappa shape index (κ1) is 11.9. The molecule has 0 unspecified atom stereocenters. The van der Waals surface area contributed by atoms with Gasteiger partial charge in [-0.05, 0) is 12.1 Å². The van der Waals surface area contributed by atoms with Crippen LogP contribution in [0.25, 0.3) is 0 Å². The molecule has 0 amide bonds. The van der Waals surface area contributed by atoms with Crippen LogP contribution in [0, 0.1) is 0 Å². The first-order chi connectivity index (χ1) is 6.88. The summed E-state index contributed by atoms with van der Waals surface area (Å²) in [4.78, 5) is 2.36. The van der Waals surface area contributed by atoms with E-state index < -0.39 is 0 Å². The largest absolute Gasteiger partial charge is 0.396 e. The summed E-state index contributed by atoms with van der Waals surface area (Å²) in [5, 5.41) is 17.5. The third kappa shape index (κ3) is 3.92. The van der Waals surface area contributed by atoms with Crippen LogP contribution in [0.1, 0.15) is 0 Å². The lowest BCUT2D eigenvalue weighted by Gasteiger charge is -2.06. The van der Waals surface area contributed by atoms with Crippen molar-refractivity contribution in [1.82, 2.24) is 0 Å². The van der Waals surface area contributed by atoms with Crippen LogP contribution in [0.2, 0.25) is 0 Å². The molecule has 0 saturated heterocycles. The standard InChI is InChI=1S/C10H14O2S2/c11-5-7-13-9-3-1-2-4-10(9)14-8-6-12/h1-4,11-12H,5-8H2. The number of benzene rings is 1. The fourth-order valence-corrected chi connectivity index (χ4v) is 2.75. The van der Waals surface area contributed by atoms with Crippen molar-refractivity contribution in [2.24, 2.45) is 0 Å². The molecule has 78 valence electrons. The van der Waals surface area contributed by atoms with Gasteiger partial charge in [-0.2, -0.15) is 0 Å². The van der Waals surface area contributed by atoms with E-state index in [4.69, 9.17) is 10.2 Å². The van der Waals surface area contributed by atoms with Gasteiger partial charge in [-0.3, -0.25) is 0 Å². The van der Waals surface area contributed by atoms with Crippen LogP contribution in [-0.2, 0) is 0 Å². The molecule has 0 heterocycles. The van der Waals surface area contributed by atoms with Gasteiger partial charge < -0.3 is 10.2 Å². The monoisotopic (exact) mass is 230 g/mol. The highest BCUT2D eigenvalue weighted by Gasteiger charge is 2.01. The highest BCUT2D eigenvalue weighted by Crippen LogP contribution is 2.30. The van der Waals surface area contributed by atoms with E-state index in [1.54, 1.807) is 23.5 Å². The molecule has 1 aromatic carbocycles. The SMILES string of the molecule is OCCSc1ccccc1SCCO. The Hall–Kier alpha value is -0.160. The van der Waals surface area contributed by atoms with Crippen molar-refractivity contribution < 1.29 is 10.2 Å². The molecular weight excluding hydrogens is 216 g/mol. The Kier molecular flexibility index (Phi) is 6.10. The van der Waals surface area contributed by atoms with Gasteiger partial charge in [0.05, 0.1) is 13.2 Å². The second-order valence-electron chi connectivity index (χ2n) is 2.59. The maximum Gasteiger partial charge on any atom is 0.0525 e. The average Bonchev–Trinajstić information content (AvgIpc) is 2.24. The topological polar surface area (TPSA) is 40.5 Å². The Bertz CT molecular complexity index is 239. The van der Waals surface area contributed by atoms with E-state index >= 15 is 0 Å². The molecule has 0 saturated carbocycles. The van der Waals surface area contributed by atoms with Crippen LogP contribution in [0.4, 0.5) is 0 Å². The maximum atomic E-state index is 8.73. The lowest BCUT2D eigenvalue weighted by Crippen LogP contribution is -1.89. The van der Waals surface area contributed by atoms with Crippen LogP contribution >= 0.6 is 23.5 Å². The maximum absolute atomic E-state index is 8.73. The summed E-state index contributed by atoms with van der Waals surface area (Å²) in [6.07, 6.45) is 0. The smallest absolute Gasteiger partial charge is 0.0525 e. The van der Waals surface area contributed by atoms with Gasteiger partial charge in [-0.25, -0.2) is 0 Å².